The molecule has 39 nitrogen and oxygen atoms in total. The molecule has 0 bridgehead atoms. The van der Waals surface area contributed by atoms with Gasteiger partial charge in [0.05, 0.1) is 6.10 Å². The van der Waals surface area contributed by atoms with Gasteiger partial charge in [0.25, 0.3) is 0 Å². The first-order valence-electron chi connectivity index (χ1n) is 31.0. The number of hydrogen-bond acceptors (Lipinski definition) is 19. The summed E-state index contributed by atoms with van der Waals surface area (Å²) < 4.78 is 0. The predicted molar refractivity (Wildman–Crippen MR) is 345 cm³/mol. The average molecular weight is 1340 g/mol. The summed E-state index contributed by atoms with van der Waals surface area (Å²) in [5.41, 5.74) is 55.9. The van der Waals surface area contributed by atoms with Gasteiger partial charge in [0.1, 0.15) is 66.5 Å². The lowest BCUT2D eigenvalue weighted by Crippen LogP contribution is -2.60. The van der Waals surface area contributed by atoms with Gasteiger partial charge in [-0.3, -0.25) is 72.7 Å². The van der Waals surface area contributed by atoms with Crippen molar-refractivity contribution >= 4 is 94.8 Å². The lowest BCUT2D eigenvalue weighted by Gasteiger charge is -2.30. The monoisotopic (exact) mass is 1340 g/mol. The standard InChI is InChI=1S/C55H102N24O15/c1-27(2)40(51(93)94)78-42(84)29(4)70-41(83)28(3)71-43(85)31(13-6-7-21-56)72-44(86)32(14-8-22-66-52(58)59)73-45(87)33(15-9-23-67-53(60)61)74-46(88)34(16-10-24-68-54(62)63)75-48(90)36(19-20-38(81)82)76-47(89)35(17-11-25-69-55(64)65)77-49(91)37-18-12-26-79(37)50(92)39(57)30(5)80/h27-37,39-40,80H,6-26,56-57H2,1-5H3,(H,70,83)(H,71,85)(H,72,86)(H,73,87)(H,74,88)(H,75,90)(H,76,89)(H,77,91)(H,78,84)(H,81,82)(H,93,94)(H4,58,59,66)(H4,60,61,67)(H4,62,63,68)(H4,64,65,69)/t28-,29-,30+,31-,32-,33-,34-,35-,36-,37-,39-,40-/m0/s1. The largest absolute Gasteiger partial charge is 0.481 e. The molecular formula is C55H102N24O15. The maximum absolute atomic E-state index is 14.6. The third kappa shape index (κ3) is 32.2. The second-order valence-electron chi connectivity index (χ2n) is 22.9. The number of carboxylic acids is 2. The molecule has 0 saturated carbocycles. The number of guanidine groups is 4. The third-order valence-corrected chi connectivity index (χ3v) is 14.6. The van der Waals surface area contributed by atoms with Gasteiger partial charge in [0, 0.05) is 39.1 Å². The summed E-state index contributed by atoms with van der Waals surface area (Å²) in [6, 6.07) is -15.6. The van der Waals surface area contributed by atoms with Gasteiger partial charge in [-0.15, -0.1) is 0 Å². The van der Waals surface area contributed by atoms with Gasteiger partial charge < -0.3 is 125 Å². The number of nitrogens with one attached hydrogen (secondary N) is 9. The Hall–Kier alpha value is -9.40. The highest BCUT2D eigenvalue weighted by molar-refractivity contribution is 5.99. The van der Waals surface area contributed by atoms with Gasteiger partial charge in [-0.25, -0.2) is 4.79 Å². The summed E-state index contributed by atoms with van der Waals surface area (Å²) in [5.74, 6) is -13.5. The molecule has 0 aromatic carbocycles. The molecule has 32 N–H and O–H groups in total. The number of carboxylic acid groups (broad SMARTS) is 2. The third-order valence-electron chi connectivity index (χ3n) is 14.6. The summed E-state index contributed by atoms with van der Waals surface area (Å²) in [6.07, 6.45) is -2.13. The summed E-state index contributed by atoms with van der Waals surface area (Å²) in [4.78, 5) is 180. The van der Waals surface area contributed by atoms with Crippen molar-refractivity contribution in [2.45, 2.75) is 203 Å². The van der Waals surface area contributed by atoms with Crippen molar-refractivity contribution in [3.05, 3.63) is 0 Å². The highest BCUT2D eigenvalue weighted by atomic mass is 16.4. The fourth-order valence-corrected chi connectivity index (χ4v) is 9.29. The van der Waals surface area contributed by atoms with Crippen molar-refractivity contribution in [2.24, 2.45) is 83.2 Å². The first-order valence-corrected chi connectivity index (χ1v) is 31.0. The summed E-state index contributed by atoms with van der Waals surface area (Å²) in [6.45, 7) is 7.12. The van der Waals surface area contributed by atoms with Crippen molar-refractivity contribution < 1.29 is 72.9 Å². The SMILES string of the molecule is CC(C)[C@H](NC(=O)[C@H](C)NC(=O)[C@H](C)NC(=O)[C@H](CCCCN)NC(=O)[C@H](CCCN=C(N)N)NC(=O)[C@H](CCCN=C(N)N)NC(=O)[C@H](CCCN=C(N)N)NC(=O)[C@H](CCC(=O)O)NC(=O)[C@H](CCCN=C(N)N)NC(=O)[C@@H]1CCCN1C(=O)[C@@H](N)[C@@H](C)O)C(=O)O. The molecular weight excluding hydrogens is 1240 g/mol. The Labute approximate surface area is 544 Å². The van der Waals surface area contributed by atoms with E-state index in [2.05, 4.69) is 67.8 Å². The zero-order valence-corrected chi connectivity index (χ0v) is 54.1. The molecule has 1 aliphatic rings. The summed E-state index contributed by atoms with van der Waals surface area (Å²) in [5, 5.41) is 52.0. The molecule has 0 aromatic heterocycles. The Morgan fingerprint density at radius 2 is 0.787 bits per heavy atom. The lowest BCUT2D eigenvalue weighted by atomic mass is 10.0. The number of nitrogens with zero attached hydrogens (tertiary/aromatic N) is 5. The van der Waals surface area contributed by atoms with Crippen molar-refractivity contribution in [1.29, 1.82) is 0 Å². The molecule has 0 radical (unpaired) electrons. The van der Waals surface area contributed by atoms with Gasteiger partial charge in [-0.2, -0.15) is 0 Å². The molecule has 0 aromatic rings. The van der Waals surface area contributed by atoms with E-state index in [1.807, 2.05) is 0 Å². The summed E-state index contributed by atoms with van der Waals surface area (Å²) in [7, 11) is 0. The maximum Gasteiger partial charge on any atom is 0.326 e. The van der Waals surface area contributed by atoms with Crippen LogP contribution in [0.5, 0.6) is 0 Å². The molecule has 1 saturated heterocycles. The van der Waals surface area contributed by atoms with Crippen LogP contribution in [-0.4, -0.2) is 227 Å². The molecule has 12 atom stereocenters. The topological polar surface area (TPSA) is 687 Å². The maximum atomic E-state index is 14.6. The molecule has 0 spiro atoms. The van der Waals surface area contributed by atoms with Crippen molar-refractivity contribution in [1.82, 2.24) is 52.8 Å². The number of aliphatic hydroxyl groups is 1. The minimum atomic E-state index is -1.73. The van der Waals surface area contributed by atoms with Crippen LogP contribution < -0.4 is 105 Å². The molecule has 532 valence electrons. The summed E-state index contributed by atoms with van der Waals surface area (Å²) >= 11 is 0. The second kappa shape index (κ2) is 43.4. The molecule has 1 rings (SSSR count). The van der Waals surface area contributed by atoms with Crippen LogP contribution in [0, 0.1) is 5.92 Å². The average Bonchev–Trinajstić information content (AvgIpc) is 1.62. The number of aliphatic hydroxyl groups excluding tert-OH is 1. The number of carbonyl (C=O) groups is 12. The molecule has 10 amide bonds. The van der Waals surface area contributed by atoms with Crippen molar-refractivity contribution in [2.75, 3.05) is 39.3 Å². The van der Waals surface area contributed by atoms with E-state index in [9.17, 15) is 72.9 Å². The van der Waals surface area contributed by atoms with E-state index < -0.39 is 162 Å². The van der Waals surface area contributed by atoms with E-state index >= 15 is 0 Å². The fourth-order valence-electron chi connectivity index (χ4n) is 9.29. The number of aliphatic carboxylic acids is 2. The molecule has 1 fully saturated rings. The smallest absolute Gasteiger partial charge is 0.326 e. The van der Waals surface area contributed by atoms with Crippen LogP contribution in [0.15, 0.2) is 20.0 Å². The van der Waals surface area contributed by atoms with Gasteiger partial charge in [0.15, 0.2) is 23.8 Å². The van der Waals surface area contributed by atoms with E-state index in [0.29, 0.717) is 12.8 Å². The Morgan fingerprint density at radius 3 is 1.12 bits per heavy atom. The van der Waals surface area contributed by atoms with Gasteiger partial charge in [0.2, 0.25) is 59.1 Å². The normalized spacial score (nSPS) is 16.1. The Kier molecular flexibility index (Phi) is 38.2. The van der Waals surface area contributed by atoms with Crippen LogP contribution in [0.4, 0.5) is 0 Å². The number of nitrogens with two attached hydrogens (primary N) is 10. The van der Waals surface area contributed by atoms with Gasteiger partial charge in [-0.1, -0.05) is 13.8 Å². The van der Waals surface area contributed by atoms with Crippen LogP contribution in [-0.2, 0) is 57.5 Å². The zero-order valence-electron chi connectivity index (χ0n) is 54.1. The van der Waals surface area contributed by atoms with Crippen LogP contribution >= 0.6 is 0 Å². The van der Waals surface area contributed by atoms with Gasteiger partial charge >= 0.3 is 11.9 Å². The highest BCUT2D eigenvalue weighted by Gasteiger charge is 2.40. The molecule has 0 unspecified atom stereocenters. The highest BCUT2D eigenvalue weighted by Crippen LogP contribution is 2.20. The van der Waals surface area contributed by atoms with E-state index in [4.69, 9.17) is 57.3 Å². The number of unbranched alkanes of at least 4 members (excludes halogenated alkanes) is 1. The zero-order chi connectivity index (χ0) is 71.4. The molecule has 39 heteroatoms. The van der Waals surface area contributed by atoms with E-state index in [1.54, 1.807) is 13.8 Å². The number of hydrogen-bond donors (Lipinski definition) is 22. The molecule has 94 heavy (non-hydrogen) atoms. The fraction of sp³-hybridized carbons (Fsp3) is 0.709. The number of rotatable bonds is 45. The van der Waals surface area contributed by atoms with Crippen molar-refractivity contribution in [3.8, 4) is 0 Å². The quantitative estimate of drug-likeness (QED) is 0.0153. The predicted octanol–water partition coefficient (Wildman–Crippen LogP) is -8.96. The van der Waals surface area contributed by atoms with E-state index in [1.165, 1.54) is 25.7 Å². The number of likely N-dealkylation sites (tertiary alicyclic amines) is 1. The van der Waals surface area contributed by atoms with Crippen LogP contribution in [0.2, 0.25) is 0 Å². The molecule has 1 aliphatic heterocycles. The van der Waals surface area contributed by atoms with E-state index in [0.717, 1.165) is 0 Å². The number of aliphatic imine (C=N–C) groups is 4. The first kappa shape index (κ1) is 82.6. The first-order chi connectivity index (χ1) is 44.1. The Balaban J connectivity index is 3.79. The number of carbonyl (C=O) groups excluding carboxylic acids is 10. The van der Waals surface area contributed by atoms with Crippen LogP contribution in [0.25, 0.3) is 0 Å². The van der Waals surface area contributed by atoms with Crippen LogP contribution in [0.3, 0.4) is 0 Å². The minimum Gasteiger partial charge on any atom is -0.481 e. The minimum absolute atomic E-state index is 0.00990. The van der Waals surface area contributed by atoms with Crippen LogP contribution in [0.1, 0.15) is 131 Å². The molecule has 0 aliphatic carbocycles. The van der Waals surface area contributed by atoms with Gasteiger partial charge in [-0.05, 0) is 123 Å². The van der Waals surface area contributed by atoms with E-state index in [-0.39, 0.29) is 134 Å². The molecule has 1 heterocycles. The van der Waals surface area contributed by atoms with Crippen molar-refractivity contribution in [3.63, 3.8) is 0 Å². The second-order valence-corrected chi connectivity index (χ2v) is 22.9. The lowest BCUT2D eigenvalue weighted by molar-refractivity contribution is -0.143. The Morgan fingerprint density at radius 1 is 0.457 bits per heavy atom. The number of amides is 10. The Bertz CT molecular complexity index is 2660.